The number of aliphatic hydroxyl groups is 1. The number of rotatable bonds is 6. The van der Waals surface area contributed by atoms with Gasteiger partial charge in [0.05, 0.1) is 5.75 Å². The standard InChI is InChI=1S/C12H16FNO2S/c1-9(7-15)6-14-12(16)8-17-11-5-3-2-4-10(11)13/h2-5,9,15H,6-8H2,1H3,(H,14,16). The van der Waals surface area contributed by atoms with Crippen LogP contribution in [-0.2, 0) is 4.79 Å². The Kier molecular flexibility index (Phi) is 6.00. The van der Waals surface area contributed by atoms with Crippen molar-refractivity contribution in [1.82, 2.24) is 5.32 Å². The Labute approximate surface area is 104 Å². The molecule has 17 heavy (non-hydrogen) atoms. The molecule has 0 aromatic heterocycles. The molecular weight excluding hydrogens is 241 g/mol. The SMILES string of the molecule is CC(CO)CNC(=O)CSc1ccccc1F. The van der Waals surface area contributed by atoms with Gasteiger partial charge in [0.1, 0.15) is 5.82 Å². The minimum Gasteiger partial charge on any atom is -0.396 e. The lowest BCUT2D eigenvalue weighted by Gasteiger charge is -2.09. The summed E-state index contributed by atoms with van der Waals surface area (Å²) in [7, 11) is 0. The van der Waals surface area contributed by atoms with E-state index in [2.05, 4.69) is 5.32 Å². The smallest absolute Gasteiger partial charge is 0.230 e. The molecule has 0 heterocycles. The number of carbonyl (C=O) groups excluding carboxylic acids is 1. The van der Waals surface area contributed by atoms with E-state index in [9.17, 15) is 9.18 Å². The van der Waals surface area contributed by atoms with E-state index in [1.54, 1.807) is 18.2 Å². The van der Waals surface area contributed by atoms with Gasteiger partial charge in [0.15, 0.2) is 0 Å². The van der Waals surface area contributed by atoms with Gasteiger partial charge < -0.3 is 10.4 Å². The molecule has 1 aromatic carbocycles. The maximum Gasteiger partial charge on any atom is 0.230 e. The van der Waals surface area contributed by atoms with Crippen molar-refractivity contribution in [2.24, 2.45) is 5.92 Å². The second-order valence-electron chi connectivity index (χ2n) is 3.81. The van der Waals surface area contributed by atoms with Crippen LogP contribution in [0.4, 0.5) is 4.39 Å². The number of hydrogen-bond acceptors (Lipinski definition) is 3. The van der Waals surface area contributed by atoms with Crippen LogP contribution in [0.2, 0.25) is 0 Å². The summed E-state index contributed by atoms with van der Waals surface area (Å²) < 4.78 is 13.2. The number of benzene rings is 1. The van der Waals surface area contributed by atoms with Gasteiger partial charge in [-0.3, -0.25) is 4.79 Å². The second kappa shape index (κ2) is 7.29. The Morgan fingerprint density at radius 3 is 2.88 bits per heavy atom. The highest BCUT2D eigenvalue weighted by Gasteiger charge is 2.07. The van der Waals surface area contributed by atoms with Gasteiger partial charge in [-0.2, -0.15) is 0 Å². The van der Waals surface area contributed by atoms with E-state index in [1.165, 1.54) is 6.07 Å². The molecule has 0 fully saturated rings. The topological polar surface area (TPSA) is 49.3 Å². The van der Waals surface area contributed by atoms with Gasteiger partial charge >= 0.3 is 0 Å². The van der Waals surface area contributed by atoms with Crippen molar-refractivity contribution in [3.8, 4) is 0 Å². The molecule has 1 aromatic rings. The Morgan fingerprint density at radius 2 is 2.24 bits per heavy atom. The predicted molar refractivity (Wildman–Crippen MR) is 66.4 cm³/mol. The molecule has 1 amide bonds. The molecule has 0 bridgehead atoms. The molecule has 0 aliphatic heterocycles. The van der Waals surface area contributed by atoms with Gasteiger partial charge in [-0.1, -0.05) is 19.1 Å². The van der Waals surface area contributed by atoms with E-state index in [0.717, 1.165) is 11.8 Å². The monoisotopic (exact) mass is 257 g/mol. The second-order valence-corrected chi connectivity index (χ2v) is 4.83. The molecule has 1 atom stereocenters. The zero-order chi connectivity index (χ0) is 12.7. The van der Waals surface area contributed by atoms with Crippen LogP contribution < -0.4 is 5.32 Å². The van der Waals surface area contributed by atoms with Crippen LogP contribution in [0.25, 0.3) is 0 Å². The van der Waals surface area contributed by atoms with Crippen molar-refractivity contribution in [1.29, 1.82) is 0 Å². The highest BCUT2D eigenvalue weighted by Crippen LogP contribution is 2.20. The number of carbonyl (C=O) groups is 1. The first kappa shape index (κ1) is 14.0. The van der Waals surface area contributed by atoms with Gasteiger partial charge in [-0.15, -0.1) is 11.8 Å². The van der Waals surface area contributed by atoms with Crippen molar-refractivity contribution >= 4 is 17.7 Å². The average Bonchev–Trinajstić information content (AvgIpc) is 2.35. The lowest BCUT2D eigenvalue weighted by Crippen LogP contribution is -2.30. The lowest BCUT2D eigenvalue weighted by molar-refractivity contribution is -0.118. The summed E-state index contributed by atoms with van der Waals surface area (Å²) in [6, 6.07) is 6.36. The Hall–Kier alpha value is -1.07. The molecule has 0 aliphatic rings. The van der Waals surface area contributed by atoms with Gasteiger partial charge in [0.25, 0.3) is 0 Å². The third-order valence-electron chi connectivity index (χ3n) is 2.15. The van der Waals surface area contributed by atoms with Crippen LogP contribution in [-0.4, -0.2) is 29.9 Å². The summed E-state index contributed by atoms with van der Waals surface area (Å²) in [5.41, 5.74) is 0. The summed E-state index contributed by atoms with van der Waals surface area (Å²) in [6.45, 7) is 2.32. The molecule has 1 unspecified atom stereocenters. The number of hydrogen-bond donors (Lipinski definition) is 2. The Bertz CT molecular complexity index is 373. The summed E-state index contributed by atoms with van der Waals surface area (Å²) in [5.74, 6) is -0.246. The first-order chi connectivity index (χ1) is 8.13. The molecule has 5 heteroatoms. The largest absolute Gasteiger partial charge is 0.396 e. The normalized spacial score (nSPS) is 12.2. The third kappa shape index (κ3) is 5.19. The van der Waals surface area contributed by atoms with Crippen molar-refractivity contribution < 1.29 is 14.3 Å². The van der Waals surface area contributed by atoms with E-state index in [1.807, 2.05) is 6.92 Å². The number of nitrogens with one attached hydrogen (secondary N) is 1. The number of halogens is 1. The van der Waals surface area contributed by atoms with Gasteiger partial charge in [-0.25, -0.2) is 4.39 Å². The van der Waals surface area contributed by atoms with Crippen LogP contribution in [0.3, 0.4) is 0 Å². The van der Waals surface area contributed by atoms with Gasteiger partial charge in [-0.05, 0) is 18.1 Å². The molecule has 0 saturated heterocycles. The summed E-state index contributed by atoms with van der Waals surface area (Å²) in [4.78, 5) is 11.9. The molecular formula is C12H16FNO2S. The van der Waals surface area contributed by atoms with E-state index in [-0.39, 0.29) is 30.0 Å². The fourth-order valence-corrected chi connectivity index (χ4v) is 1.88. The van der Waals surface area contributed by atoms with Crippen LogP contribution in [0.15, 0.2) is 29.2 Å². The van der Waals surface area contributed by atoms with E-state index < -0.39 is 0 Å². The fourth-order valence-electron chi connectivity index (χ4n) is 1.11. The van der Waals surface area contributed by atoms with Crippen molar-refractivity contribution in [3.63, 3.8) is 0 Å². The first-order valence-electron chi connectivity index (χ1n) is 5.38. The van der Waals surface area contributed by atoms with Crippen molar-refractivity contribution in [2.45, 2.75) is 11.8 Å². The summed E-state index contributed by atoms with van der Waals surface area (Å²) in [5, 5.41) is 11.5. The van der Waals surface area contributed by atoms with Crippen LogP contribution >= 0.6 is 11.8 Å². The van der Waals surface area contributed by atoms with Crippen LogP contribution in [0.5, 0.6) is 0 Å². The molecule has 0 aliphatic carbocycles. The van der Waals surface area contributed by atoms with Crippen LogP contribution in [0.1, 0.15) is 6.92 Å². The molecule has 0 saturated carbocycles. The Balaban J connectivity index is 2.31. The summed E-state index contributed by atoms with van der Waals surface area (Å²) >= 11 is 1.16. The van der Waals surface area contributed by atoms with Crippen molar-refractivity contribution in [2.75, 3.05) is 18.9 Å². The maximum absolute atomic E-state index is 13.2. The Morgan fingerprint density at radius 1 is 1.53 bits per heavy atom. The quantitative estimate of drug-likeness (QED) is 0.762. The van der Waals surface area contributed by atoms with E-state index in [4.69, 9.17) is 5.11 Å². The average molecular weight is 257 g/mol. The molecule has 94 valence electrons. The minimum absolute atomic E-state index is 0.0393. The molecule has 0 spiro atoms. The predicted octanol–water partition coefficient (Wildman–Crippen LogP) is 1.66. The zero-order valence-corrected chi connectivity index (χ0v) is 10.5. The maximum atomic E-state index is 13.2. The fraction of sp³-hybridized carbons (Fsp3) is 0.417. The first-order valence-corrected chi connectivity index (χ1v) is 6.37. The third-order valence-corrected chi connectivity index (χ3v) is 3.20. The highest BCUT2D eigenvalue weighted by atomic mass is 32.2. The minimum atomic E-state index is -0.311. The molecule has 3 nitrogen and oxygen atoms in total. The summed E-state index contributed by atoms with van der Waals surface area (Å²) in [6.07, 6.45) is 0. The lowest BCUT2D eigenvalue weighted by atomic mass is 10.2. The number of aliphatic hydroxyl groups excluding tert-OH is 1. The molecule has 0 radical (unpaired) electrons. The highest BCUT2D eigenvalue weighted by molar-refractivity contribution is 8.00. The zero-order valence-electron chi connectivity index (χ0n) is 9.65. The van der Waals surface area contributed by atoms with Gasteiger partial charge in [0, 0.05) is 18.0 Å². The molecule has 1 rings (SSSR count). The van der Waals surface area contributed by atoms with E-state index in [0.29, 0.717) is 11.4 Å². The van der Waals surface area contributed by atoms with Gasteiger partial charge in [0.2, 0.25) is 5.91 Å². The van der Waals surface area contributed by atoms with Crippen LogP contribution in [0, 0.1) is 11.7 Å². The number of amides is 1. The van der Waals surface area contributed by atoms with E-state index >= 15 is 0 Å². The number of thioether (sulfide) groups is 1. The molecule has 2 N–H and O–H groups in total. The van der Waals surface area contributed by atoms with Crippen molar-refractivity contribution in [3.05, 3.63) is 30.1 Å².